The first-order valence-electron chi connectivity index (χ1n) is 3.92. The highest BCUT2D eigenvalue weighted by Gasteiger charge is 2.36. The first-order valence-corrected chi connectivity index (χ1v) is 6.22. The molecule has 1 rings (SSSR count). The van der Waals surface area contributed by atoms with Crippen LogP contribution in [0.4, 0.5) is 13.2 Å². The average Bonchev–Trinajstić information content (AvgIpc) is 2.14. The van der Waals surface area contributed by atoms with Crippen molar-refractivity contribution in [3.8, 4) is 0 Å². The Hall–Kier alpha value is -0.0700. The topological polar surface area (TPSA) is 17.1 Å². The second-order valence-electron chi connectivity index (χ2n) is 2.86. The molecule has 0 saturated heterocycles. The molecule has 88 valence electrons. The smallest absolute Gasteiger partial charge is 0.293 e. The normalized spacial score (nSPS) is 11.6. The van der Waals surface area contributed by atoms with E-state index in [2.05, 4.69) is 31.9 Å². The standard InChI is InChI=1S/C9H4Br2ClF3O/c10-3-7(16)8-5(9(13,14)15)1-4(11)2-6(8)12/h1-2H,3H2. The van der Waals surface area contributed by atoms with E-state index in [1.807, 2.05) is 0 Å². The zero-order valence-corrected chi connectivity index (χ0v) is 11.5. The van der Waals surface area contributed by atoms with E-state index in [1.165, 1.54) is 6.07 Å². The summed E-state index contributed by atoms with van der Waals surface area (Å²) in [6.45, 7) is 0. The highest BCUT2D eigenvalue weighted by Crippen LogP contribution is 2.37. The summed E-state index contributed by atoms with van der Waals surface area (Å²) in [5.74, 6) is -0.704. The second-order valence-corrected chi connectivity index (χ2v) is 4.75. The minimum Gasteiger partial charge on any atom is -0.293 e. The Morgan fingerprint density at radius 3 is 2.38 bits per heavy atom. The number of carbonyl (C=O) groups excluding carboxylic acids is 1. The quantitative estimate of drug-likeness (QED) is 0.537. The maximum absolute atomic E-state index is 12.7. The van der Waals surface area contributed by atoms with Gasteiger partial charge >= 0.3 is 6.18 Å². The Morgan fingerprint density at radius 1 is 1.38 bits per heavy atom. The number of rotatable bonds is 2. The Labute approximate surface area is 111 Å². The van der Waals surface area contributed by atoms with Crippen LogP contribution in [0.1, 0.15) is 15.9 Å². The summed E-state index contributed by atoms with van der Waals surface area (Å²) < 4.78 is 38.2. The van der Waals surface area contributed by atoms with Crippen LogP contribution in [0.25, 0.3) is 0 Å². The second kappa shape index (κ2) is 5.06. The number of alkyl halides is 4. The molecule has 0 saturated carbocycles. The van der Waals surface area contributed by atoms with Crippen molar-refractivity contribution in [2.45, 2.75) is 6.18 Å². The lowest BCUT2D eigenvalue weighted by Crippen LogP contribution is -2.14. The number of carbonyl (C=O) groups is 1. The Kier molecular flexibility index (Phi) is 4.42. The summed E-state index contributed by atoms with van der Waals surface area (Å²) in [4.78, 5) is 11.4. The number of ketones is 1. The lowest BCUT2D eigenvalue weighted by Gasteiger charge is -2.13. The molecule has 0 aliphatic carbocycles. The number of Topliss-reactive ketones (excluding diaryl/α,β-unsaturated/α-hetero) is 1. The van der Waals surface area contributed by atoms with Crippen LogP contribution in [0.15, 0.2) is 16.6 Å². The van der Waals surface area contributed by atoms with Crippen LogP contribution >= 0.6 is 43.5 Å². The number of hydrogen-bond acceptors (Lipinski definition) is 1. The van der Waals surface area contributed by atoms with E-state index in [4.69, 9.17) is 11.6 Å². The van der Waals surface area contributed by atoms with Gasteiger partial charge in [-0.3, -0.25) is 4.79 Å². The first kappa shape index (κ1) is 14.0. The highest BCUT2D eigenvalue weighted by atomic mass is 79.9. The molecule has 0 aliphatic rings. The van der Waals surface area contributed by atoms with E-state index in [0.717, 1.165) is 6.07 Å². The van der Waals surface area contributed by atoms with E-state index in [0.29, 0.717) is 0 Å². The molecule has 16 heavy (non-hydrogen) atoms. The van der Waals surface area contributed by atoms with Crippen molar-refractivity contribution in [3.05, 3.63) is 32.8 Å². The first-order chi connectivity index (χ1) is 7.27. The molecule has 0 spiro atoms. The van der Waals surface area contributed by atoms with Gasteiger partial charge in [0, 0.05) is 10.0 Å². The van der Waals surface area contributed by atoms with Crippen molar-refractivity contribution in [2.75, 3.05) is 5.33 Å². The Morgan fingerprint density at radius 2 is 1.94 bits per heavy atom. The van der Waals surface area contributed by atoms with E-state index < -0.39 is 23.1 Å². The van der Waals surface area contributed by atoms with Gasteiger partial charge in [-0.1, -0.05) is 43.5 Å². The summed E-state index contributed by atoms with van der Waals surface area (Å²) in [5, 5.41) is -0.427. The van der Waals surface area contributed by atoms with E-state index in [1.54, 1.807) is 0 Å². The monoisotopic (exact) mass is 378 g/mol. The molecule has 1 nitrogen and oxygen atoms in total. The van der Waals surface area contributed by atoms with Crippen molar-refractivity contribution in [3.63, 3.8) is 0 Å². The molecule has 1 aromatic carbocycles. The van der Waals surface area contributed by atoms with Gasteiger partial charge in [-0.2, -0.15) is 13.2 Å². The van der Waals surface area contributed by atoms with Crippen molar-refractivity contribution >= 4 is 49.2 Å². The fourth-order valence-corrected chi connectivity index (χ4v) is 2.34. The van der Waals surface area contributed by atoms with Gasteiger partial charge in [0.2, 0.25) is 0 Å². The molecule has 0 aromatic heterocycles. The summed E-state index contributed by atoms with van der Waals surface area (Å²) in [6.07, 6.45) is -4.61. The lowest BCUT2D eigenvalue weighted by molar-refractivity contribution is -0.137. The lowest BCUT2D eigenvalue weighted by atomic mass is 10.0. The van der Waals surface area contributed by atoms with E-state index >= 15 is 0 Å². The molecule has 0 atom stereocenters. The molecule has 0 heterocycles. The number of hydrogen-bond donors (Lipinski definition) is 0. The number of halogens is 6. The molecule has 0 aliphatic heterocycles. The zero-order valence-electron chi connectivity index (χ0n) is 7.54. The van der Waals surface area contributed by atoms with Gasteiger partial charge in [-0.25, -0.2) is 0 Å². The van der Waals surface area contributed by atoms with Crippen LogP contribution in [0.5, 0.6) is 0 Å². The molecule has 0 amide bonds. The van der Waals surface area contributed by atoms with E-state index in [9.17, 15) is 18.0 Å². The summed E-state index contributed by atoms with van der Waals surface area (Å²) in [5.41, 5.74) is -1.54. The van der Waals surface area contributed by atoms with Gasteiger partial charge in [0.1, 0.15) is 0 Å². The van der Waals surface area contributed by atoms with Crippen LogP contribution in [0, 0.1) is 0 Å². The highest BCUT2D eigenvalue weighted by molar-refractivity contribution is 9.10. The van der Waals surface area contributed by atoms with Crippen LogP contribution in [-0.4, -0.2) is 11.1 Å². The third-order valence-corrected chi connectivity index (χ3v) is 3.03. The van der Waals surface area contributed by atoms with Crippen LogP contribution < -0.4 is 0 Å². The predicted molar refractivity (Wildman–Crippen MR) is 62.3 cm³/mol. The predicted octanol–water partition coefficient (Wildman–Crippen LogP) is 4.70. The molecule has 1 aromatic rings. The van der Waals surface area contributed by atoms with Crippen molar-refractivity contribution < 1.29 is 18.0 Å². The van der Waals surface area contributed by atoms with Gasteiger partial charge < -0.3 is 0 Å². The molecule has 0 bridgehead atoms. The average molecular weight is 380 g/mol. The fraction of sp³-hybridized carbons (Fsp3) is 0.222. The van der Waals surface area contributed by atoms with Gasteiger partial charge in [0.05, 0.1) is 15.9 Å². The van der Waals surface area contributed by atoms with Gasteiger partial charge in [-0.15, -0.1) is 0 Å². The molecule has 7 heteroatoms. The van der Waals surface area contributed by atoms with Crippen LogP contribution in [-0.2, 0) is 6.18 Å². The molecular weight excluding hydrogens is 376 g/mol. The minimum absolute atomic E-state index is 0.177. The van der Waals surface area contributed by atoms with Crippen molar-refractivity contribution in [2.24, 2.45) is 0 Å². The van der Waals surface area contributed by atoms with Crippen molar-refractivity contribution in [1.29, 1.82) is 0 Å². The van der Waals surface area contributed by atoms with Crippen LogP contribution in [0.3, 0.4) is 0 Å². The van der Waals surface area contributed by atoms with E-state index in [-0.39, 0.29) is 14.8 Å². The fourth-order valence-electron chi connectivity index (χ4n) is 1.15. The minimum atomic E-state index is -4.61. The molecule has 0 radical (unpaired) electrons. The molecule has 0 fully saturated rings. The molecule has 0 unspecified atom stereocenters. The van der Waals surface area contributed by atoms with Gasteiger partial charge in [0.25, 0.3) is 0 Å². The SMILES string of the molecule is O=C(CBr)c1c(Cl)cc(Br)cc1C(F)(F)F. The van der Waals surface area contributed by atoms with Crippen LogP contribution in [0.2, 0.25) is 5.02 Å². The van der Waals surface area contributed by atoms with Crippen molar-refractivity contribution in [1.82, 2.24) is 0 Å². The maximum Gasteiger partial charge on any atom is 0.417 e. The molecule has 0 N–H and O–H groups in total. The largest absolute Gasteiger partial charge is 0.417 e. The summed E-state index contributed by atoms with van der Waals surface area (Å²) in [6, 6.07) is 2.09. The van der Waals surface area contributed by atoms with Gasteiger partial charge in [-0.05, 0) is 12.1 Å². The Balaban J connectivity index is 3.51. The summed E-state index contributed by atoms with van der Waals surface area (Å²) in [7, 11) is 0. The summed E-state index contributed by atoms with van der Waals surface area (Å²) >= 11 is 11.4. The Bertz CT molecular complexity index is 431. The third-order valence-electron chi connectivity index (χ3n) is 1.76. The third kappa shape index (κ3) is 2.99. The van der Waals surface area contributed by atoms with Gasteiger partial charge in [0.15, 0.2) is 5.78 Å². The zero-order chi connectivity index (χ0) is 12.5. The number of benzene rings is 1. The molecular formula is C9H4Br2ClF3O. The maximum atomic E-state index is 12.7.